The third kappa shape index (κ3) is 5.53. The molecule has 7 heteroatoms. The van der Waals surface area contributed by atoms with Crippen LogP contribution in [-0.2, 0) is 13.0 Å². The number of nitrogens with one attached hydrogen (secondary N) is 2. The second kappa shape index (κ2) is 9.97. The van der Waals surface area contributed by atoms with E-state index in [9.17, 15) is 4.79 Å². The van der Waals surface area contributed by atoms with E-state index in [0.29, 0.717) is 23.8 Å². The molecular weight excluding hydrogens is 408 g/mol. The molecule has 3 N–H and O–H groups in total. The maximum Gasteiger partial charge on any atom is 0.261 e. The molecule has 4 rings (SSSR count). The summed E-state index contributed by atoms with van der Waals surface area (Å²) >= 11 is 1.40. The van der Waals surface area contributed by atoms with E-state index in [0.717, 1.165) is 27.4 Å². The van der Waals surface area contributed by atoms with Crippen LogP contribution in [0.5, 0.6) is 0 Å². The van der Waals surface area contributed by atoms with Gasteiger partial charge in [0.15, 0.2) is 0 Å². The maximum atomic E-state index is 12.5. The molecule has 0 spiro atoms. The fraction of sp³-hybridized carbons (Fsp3) is 0.125. The summed E-state index contributed by atoms with van der Waals surface area (Å²) in [6.07, 6.45) is 2.32. The molecule has 2 heterocycles. The Labute approximate surface area is 184 Å². The number of hydrogen-bond donors (Lipinski definition) is 3. The number of hydrogen-bond acceptors (Lipinski definition) is 6. The zero-order chi connectivity index (χ0) is 21.5. The summed E-state index contributed by atoms with van der Waals surface area (Å²) in [6, 6.07) is 23.1. The van der Waals surface area contributed by atoms with Crippen molar-refractivity contribution in [3.05, 3.63) is 95.0 Å². The first-order valence-corrected chi connectivity index (χ1v) is 10.7. The van der Waals surface area contributed by atoms with Crippen molar-refractivity contribution in [2.75, 3.05) is 11.9 Å². The summed E-state index contributed by atoms with van der Waals surface area (Å²) in [5.74, 6) is 0.381. The smallest absolute Gasteiger partial charge is 0.261 e. The largest absolute Gasteiger partial charge is 0.396 e. The molecule has 31 heavy (non-hydrogen) atoms. The topological polar surface area (TPSA) is 87.1 Å². The van der Waals surface area contributed by atoms with Gasteiger partial charge >= 0.3 is 0 Å². The first-order chi connectivity index (χ1) is 15.2. The summed E-state index contributed by atoms with van der Waals surface area (Å²) in [5.41, 5.74) is 3.75. The second-order valence-electron chi connectivity index (χ2n) is 6.89. The van der Waals surface area contributed by atoms with Crippen LogP contribution < -0.4 is 10.6 Å². The van der Waals surface area contributed by atoms with E-state index >= 15 is 0 Å². The van der Waals surface area contributed by atoms with Gasteiger partial charge in [-0.2, -0.15) is 0 Å². The van der Waals surface area contributed by atoms with Crippen LogP contribution in [-0.4, -0.2) is 27.6 Å². The molecule has 0 radical (unpaired) electrons. The van der Waals surface area contributed by atoms with Crippen molar-refractivity contribution >= 4 is 28.9 Å². The van der Waals surface area contributed by atoms with Crippen LogP contribution in [0.4, 0.5) is 11.6 Å². The lowest BCUT2D eigenvalue weighted by atomic mass is 10.1. The summed E-state index contributed by atoms with van der Waals surface area (Å²) in [7, 11) is 0. The highest BCUT2D eigenvalue weighted by molar-refractivity contribution is 7.17. The molecule has 0 atom stereocenters. The first kappa shape index (κ1) is 20.7. The van der Waals surface area contributed by atoms with E-state index in [-0.39, 0.29) is 12.5 Å². The number of aliphatic hydroxyl groups excluding tert-OH is 1. The van der Waals surface area contributed by atoms with Crippen molar-refractivity contribution in [3.8, 4) is 10.6 Å². The average molecular weight is 431 g/mol. The van der Waals surface area contributed by atoms with Crippen LogP contribution >= 0.6 is 11.3 Å². The Morgan fingerprint density at radius 1 is 0.935 bits per heavy atom. The van der Waals surface area contributed by atoms with Gasteiger partial charge in [-0.3, -0.25) is 4.79 Å². The Morgan fingerprint density at radius 3 is 2.52 bits per heavy atom. The second-order valence-corrected chi connectivity index (χ2v) is 7.98. The summed E-state index contributed by atoms with van der Waals surface area (Å²) in [4.78, 5) is 22.9. The Morgan fingerprint density at radius 2 is 1.74 bits per heavy atom. The Hall–Kier alpha value is -3.55. The van der Waals surface area contributed by atoms with Gasteiger partial charge in [0.25, 0.3) is 5.91 Å². The first-order valence-electron chi connectivity index (χ1n) is 9.93. The molecule has 6 nitrogen and oxygen atoms in total. The van der Waals surface area contributed by atoms with Crippen molar-refractivity contribution in [3.63, 3.8) is 0 Å². The lowest BCUT2D eigenvalue weighted by molar-refractivity contribution is 0.0955. The predicted octanol–water partition coefficient (Wildman–Crippen LogP) is 4.41. The number of anilines is 2. The lowest BCUT2D eigenvalue weighted by Gasteiger charge is -2.07. The maximum absolute atomic E-state index is 12.5. The van der Waals surface area contributed by atoms with Crippen molar-refractivity contribution in [2.24, 2.45) is 0 Å². The molecular formula is C24H22N4O2S. The van der Waals surface area contributed by atoms with Crippen LogP contribution in [0.15, 0.2) is 79.0 Å². The van der Waals surface area contributed by atoms with E-state index in [4.69, 9.17) is 5.11 Å². The molecule has 4 aromatic rings. The van der Waals surface area contributed by atoms with Crippen molar-refractivity contribution in [1.29, 1.82) is 0 Å². The third-order valence-electron chi connectivity index (χ3n) is 4.64. The minimum absolute atomic E-state index is 0.101. The number of amides is 1. The van der Waals surface area contributed by atoms with Gasteiger partial charge in [0.1, 0.15) is 0 Å². The highest BCUT2D eigenvalue weighted by atomic mass is 32.1. The monoisotopic (exact) mass is 430 g/mol. The Balaban J connectivity index is 1.42. The van der Waals surface area contributed by atoms with Crippen LogP contribution in [0.1, 0.15) is 20.8 Å². The minimum atomic E-state index is -0.101. The molecule has 2 aromatic heterocycles. The number of aliphatic hydroxyl groups is 1. The highest BCUT2D eigenvalue weighted by Gasteiger charge is 2.12. The zero-order valence-electron chi connectivity index (χ0n) is 16.8. The van der Waals surface area contributed by atoms with Crippen molar-refractivity contribution in [1.82, 2.24) is 15.3 Å². The molecule has 0 saturated carbocycles. The molecule has 0 saturated heterocycles. The van der Waals surface area contributed by atoms with Gasteiger partial charge in [-0.25, -0.2) is 9.97 Å². The van der Waals surface area contributed by atoms with Crippen LogP contribution in [0.2, 0.25) is 0 Å². The third-order valence-corrected chi connectivity index (χ3v) is 5.75. The molecule has 1 amide bonds. The van der Waals surface area contributed by atoms with Gasteiger partial charge in [0.2, 0.25) is 5.95 Å². The van der Waals surface area contributed by atoms with E-state index in [1.54, 1.807) is 6.20 Å². The van der Waals surface area contributed by atoms with Crippen molar-refractivity contribution in [2.45, 2.75) is 13.0 Å². The van der Waals surface area contributed by atoms with Gasteiger partial charge in [0, 0.05) is 25.0 Å². The molecule has 0 bridgehead atoms. The normalized spacial score (nSPS) is 10.6. The van der Waals surface area contributed by atoms with Gasteiger partial charge in [-0.05, 0) is 47.9 Å². The zero-order valence-corrected chi connectivity index (χ0v) is 17.6. The van der Waals surface area contributed by atoms with Crippen LogP contribution in [0.3, 0.4) is 0 Å². The highest BCUT2D eigenvalue weighted by Crippen LogP contribution is 2.27. The summed E-state index contributed by atoms with van der Waals surface area (Å²) in [6.45, 7) is 0.622. The predicted molar refractivity (Wildman–Crippen MR) is 123 cm³/mol. The number of thiophene rings is 1. The van der Waals surface area contributed by atoms with Gasteiger partial charge in [-0.1, -0.05) is 42.5 Å². The van der Waals surface area contributed by atoms with E-state index < -0.39 is 0 Å². The fourth-order valence-corrected chi connectivity index (χ4v) is 3.92. The molecule has 0 fully saturated rings. The molecule has 0 aliphatic heterocycles. The molecule has 0 unspecified atom stereocenters. The SMILES string of the molecule is O=C(NCc1ccccc1)c1ccc(-c2ccnc(Nc3ccc(CCO)cc3)n2)s1. The summed E-state index contributed by atoms with van der Waals surface area (Å²) in [5, 5.41) is 15.2. The fourth-order valence-electron chi connectivity index (χ4n) is 3.03. The van der Waals surface area contributed by atoms with E-state index in [1.165, 1.54) is 11.3 Å². The van der Waals surface area contributed by atoms with Crippen LogP contribution in [0.25, 0.3) is 10.6 Å². The minimum Gasteiger partial charge on any atom is -0.396 e. The van der Waals surface area contributed by atoms with Gasteiger partial charge in [-0.15, -0.1) is 11.3 Å². The standard InChI is InChI=1S/C24H22N4O2S/c29-15-13-17-6-8-19(9-7-17)27-24-25-14-12-20(28-24)21-10-11-22(31-21)23(30)26-16-18-4-2-1-3-5-18/h1-12,14,29H,13,15-16H2,(H,26,30)(H,25,27,28). The Bertz CT molecular complexity index is 1140. The van der Waals surface area contributed by atoms with Gasteiger partial charge < -0.3 is 15.7 Å². The molecule has 0 aliphatic rings. The number of benzene rings is 2. The number of carbonyl (C=O) groups excluding carboxylic acids is 1. The molecule has 0 aliphatic carbocycles. The average Bonchev–Trinajstić information content (AvgIpc) is 3.30. The van der Waals surface area contributed by atoms with E-state index in [2.05, 4.69) is 20.6 Å². The van der Waals surface area contributed by atoms with Crippen LogP contribution in [0, 0.1) is 0 Å². The lowest BCUT2D eigenvalue weighted by Crippen LogP contribution is -2.21. The number of carbonyl (C=O) groups is 1. The molecule has 156 valence electrons. The number of nitrogens with zero attached hydrogens (tertiary/aromatic N) is 2. The molecule has 2 aromatic carbocycles. The summed E-state index contributed by atoms with van der Waals surface area (Å²) < 4.78 is 0. The number of aromatic nitrogens is 2. The van der Waals surface area contributed by atoms with Gasteiger partial charge in [0.05, 0.1) is 15.4 Å². The Kier molecular flexibility index (Phi) is 6.66. The van der Waals surface area contributed by atoms with Crippen molar-refractivity contribution < 1.29 is 9.90 Å². The quantitative estimate of drug-likeness (QED) is 0.385. The van der Waals surface area contributed by atoms with E-state index in [1.807, 2.05) is 72.8 Å². The number of rotatable bonds is 8.